The van der Waals surface area contributed by atoms with Crippen molar-refractivity contribution in [3.8, 4) is 5.75 Å². The highest BCUT2D eigenvalue weighted by atomic mass is 16.6. The van der Waals surface area contributed by atoms with Gasteiger partial charge in [0.1, 0.15) is 11.4 Å². The van der Waals surface area contributed by atoms with Gasteiger partial charge in [-0.05, 0) is 35.4 Å². The first kappa shape index (κ1) is 23.4. The number of nitrogens with two attached hydrogens (primary N) is 1. The number of hydrogen-bond donors (Lipinski definition) is 1. The fourth-order valence-electron chi connectivity index (χ4n) is 3.74. The molecule has 1 aliphatic rings. The molecule has 2 N–H and O–H groups in total. The minimum absolute atomic E-state index is 0.0789. The quantitative estimate of drug-likeness (QED) is 0.238. The fraction of sp³-hybridized carbons (Fsp3) is 0.160. The molecule has 4 rings (SSSR count). The highest BCUT2D eigenvalue weighted by molar-refractivity contribution is 6.03. The first-order valence-corrected chi connectivity index (χ1v) is 10.7. The molecule has 1 unspecified atom stereocenters. The number of rotatable bonds is 7. The van der Waals surface area contributed by atoms with Gasteiger partial charge in [-0.3, -0.25) is 14.9 Å². The molecule has 3 aromatic rings. The monoisotopic (exact) mass is 474 g/mol. The molecular weight excluding hydrogens is 452 g/mol. The molecule has 0 fully saturated rings. The van der Waals surface area contributed by atoms with Crippen molar-refractivity contribution in [2.45, 2.75) is 12.5 Å². The van der Waals surface area contributed by atoms with Crippen LogP contribution in [-0.4, -0.2) is 41.2 Å². The first-order chi connectivity index (χ1) is 16.9. The first-order valence-electron chi connectivity index (χ1n) is 10.7. The molecule has 0 saturated carbocycles. The summed E-state index contributed by atoms with van der Waals surface area (Å²) in [5.41, 5.74) is 7.44. The molecule has 0 saturated heterocycles. The molecule has 1 amide bonds. The summed E-state index contributed by atoms with van der Waals surface area (Å²) in [4.78, 5) is 35.9. The molecule has 3 aromatic carbocycles. The summed E-state index contributed by atoms with van der Waals surface area (Å²) in [7, 11) is 1.57. The van der Waals surface area contributed by atoms with Crippen molar-refractivity contribution in [1.29, 1.82) is 0 Å². The van der Waals surface area contributed by atoms with E-state index in [2.05, 4.69) is 5.10 Å². The Hall–Kier alpha value is -4.73. The molecule has 35 heavy (non-hydrogen) atoms. The van der Waals surface area contributed by atoms with Crippen LogP contribution in [0.25, 0.3) is 0 Å². The largest absolute Gasteiger partial charge is 0.497 e. The van der Waals surface area contributed by atoms with E-state index < -0.39 is 35.1 Å². The highest BCUT2D eigenvalue weighted by Gasteiger charge is 2.33. The smallest absolute Gasteiger partial charge is 0.338 e. The molecule has 10 nitrogen and oxygen atoms in total. The van der Waals surface area contributed by atoms with Gasteiger partial charge in [0, 0.05) is 12.5 Å². The Morgan fingerprint density at radius 3 is 2.49 bits per heavy atom. The lowest BCUT2D eigenvalue weighted by atomic mass is 9.98. The number of ether oxygens (including phenoxy) is 2. The van der Waals surface area contributed by atoms with Crippen molar-refractivity contribution in [2.24, 2.45) is 5.10 Å². The number of hydrogen-bond acceptors (Lipinski definition) is 8. The zero-order chi connectivity index (χ0) is 24.9. The molecule has 178 valence electrons. The van der Waals surface area contributed by atoms with Crippen LogP contribution in [0.4, 0.5) is 11.4 Å². The van der Waals surface area contributed by atoms with Gasteiger partial charge in [-0.2, -0.15) is 5.10 Å². The third-order valence-electron chi connectivity index (χ3n) is 5.56. The van der Waals surface area contributed by atoms with Crippen molar-refractivity contribution in [2.75, 3.05) is 19.5 Å². The third-order valence-corrected chi connectivity index (χ3v) is 5.56. The SMILES string of the molecule is COc1ccc(C2CC(c3ccccc3)=NN2C(=O)COC(=O)c2ccc(N)c([N+](=O)[O-])c2)cc1. The number of benzene rings is 3. The average molecular weight is 474 g/mol. The van der Waals surface area contributed by atoms with Crippen LogP contribution in [0.1, 0.15) is 33.9 Å². The number of nitrogen functional groups attached to an aromatic ring is 1. The number of esters is 1. The van der Waals surface area contributed by atoms with Crippen LogP contribution in [0.5, 0.6) is 5.75 Å². The van der Waals surface area contributed by atoms with E-state index in [1.165, 1.54) is 17.1 Å². The Labute approximate surface area is 200 Å². The normalized spacial score (nSPS) is 14.8. The van der Waals surface area contributed by atoms with Crippen LogP contribution >= 0.6 is 0 Å². The Kier molecular flexibility index (Phi) is 6.72. The van der Waals surface area contributed by atoms with Gasteiger partial charge < -0.3 is 15.2 Å². The summed E-state index contributed by atoms with van der Waals surface area (Å²) < 4.78 is 10.4. The average Bonchev–Trinajstić information content (AvgIpc) is 3.33. The van der Waals surface area contributed by atoms with Gasteiger partial charge in [-0.1, -0.05) is 42.5 Å². The number of nitrogens with zero attached hydrogens (tertiary/aromatic N) is 3. The van der Waals surface area contributed by atoms with Crippen molar-refractivity contribution in [3.63, 3.8) is 0 Å². The van der Waals surface area contributed by atoms with Crippen molar-refractivity contribution in [1.82, 2.24) is 5.01 Å². The number of carbonyl (C=O) groups is 2. The Balaban J connectivity index is 1.53. The van der Waals surface area contributed by atoms with E-state index in [9.17, 15) is 19.7 Å². The van der Waals surface area contributed by atoms with E-state index in [-0.39, 0.29) is 11.3 Å². The molecule has 10 heteroatoms. The molecule has 1 atom stereocenters. The fourth-order valence-corrected chi connectivity index (χ4v) is 3.74. The number of hydrazone groups is 1. The lowest BCUT2D eigenvalue weighted by molar-refractivity contribution is -0.383. The minimum atomic E-state index is -0.881. The van der Waals surface area contributed by atoms with Crippen LogP contribution in [0, 0.1) is 10.1 Å². The lowest BCUT2D eigenvalue weighted by Gasteiger charge is -2.22. The summed E-state index contributed by atoms with van der Waals surface area (Å²) in [5, 5.41) is 16.9. The van der Waals surface area contributed by atoms with E-state index in [1.54, 1.807) is 19.2 Å². The lowest BCUT2D eigenvalue weighted by Crippen LogP contribution is -2.31. The van der Waals surface area contributed by atoms with Gasteiger partial charge >= 0.3 is 5.97 Å². The van der Waals surface area contributed by atoms with Crippen LogP contribution in [0.2, 0.25) is 0 Å². The minimum Gasteiger partial charge on any atom is -0.497 e. The van der Waals surface area contributed by atoms with Gasteiger partial charge in [0.05, 0.1) is 29.4 Å². The predicted molar refractivity (Wildman–Crippen MR) is 128 cm³/mol. The van der Waals surface area contributed by atoms with Crippen molar-refractivity contribution >= 4 is 29.0 Å². The zero-order valence-corrected chi connectivity index (χ0v) is 18.8. The molecule has 0 bridgehead atoms. The second kappa shape index (κ2) is 10.0. The second-order valence-electron chi connectivity index (χ2n) is 7.75. The second-order valence-corrected chi connectivity index (χ2v) is 7.75. The summed E-state index contributed by atoms with van der Waals surface area (Å²) in [6.07, 6.45) is 0.472. The molecule has 0 radical (unpaired) electrons. The zero-order valence-electron chi connectivity index (χ0n) is 18.8. The summed E-state index contributed by atoms with van der Waals surface area (Å²) in [6.45, 7) is -0.588. The number of carbonyl (C=O) groups excluding carboxylic acids is 2. The van der Waals surface area contributed by atoms with Crippen LogP contribution in [-0.2, 0) is 9.53 Å². The van der Waals surface area contributed by atoms with E-state index >= 15 is 0 Å². The number of amides is 1. The van der Waals surface area contributed by atoms with Gasteiger partial charge in [-0.25, -0.2) is 9.80 Å². The third kappa shape index (κ3) is 5.11. The van der Waals surface area contributed by atoms with E-state index in [0.717, 1.165) is 22.9 Å². The molecule has 0 aliphatic carbocycles. The predicted octanol–water partition coefficient (Wildman–Crippen LogP) is 3.72. The molecule has 1 heterocycles. The number of methoxy groups -OCH3 is 1. The van der Waals surface area contributed by atoms with Crippen LogP contribution in [0.3, 0.4) is 0 Å². The summed E-state index contributed by atoms with van der Waals surface area (Å²) in [6, 6.07) is 19.9. The Bertz CT molecular complexity index is 1290. The summed E-state index contributed by atoms with van der Waals surface area (Å²) >= 11 is 0. The Morgan fingerprint density at radius 2 is 1.83 bits per heavy atom. The van der Waals surface area contributed by atoms with Gasteiger partial charge in [0.25, 0.3) is 11.6 Å². The maximum Gasteiger partial charge on any atom is 0.338 e. The van der Waals surface area contributed by atoms with E-state index in [4.69, 9.17) is 15.2 Å². The van der Waals surface area contributed by atoms with E-state index in [0.29, 0.717) is 12.2 Å². The highest BCUT2D eigenvalue weighted by Crippen LogP contribution is 2.33. The molecular formula is C25H22N4O6. The van der Waals surface area contributed by atoms with Crippen molar-refractivity contribution < 1.29 is 24.0 Å². The number of nitro benzene ring substituents is 1. The topological polar surface area (TPSA) is 137 Å². The molecule has 0 spiro atoms. The summed E-state index contributed by atoms with van der Waals surface area (Å²) in [5.74, 6) is -0.732. The number of anilines is 1. The van der Waals surface area contributed by atoms with Gasteiger partial charge in [-0.15, -0.1) is 0 Å². The Morgan fingerprint density at radius 1 is 1.11 bits per heavy atom. The maximum atomic E-state index is 13.1. The maximum absolute atomic E-state index is 13.1. The number of nitro groups is 1. The van der Waals surface area contributed by atoms with Crippen LogP contribution in [0.15, 0.2) is 77.9 Å². The van der Waals surface area contributed by atoms with Gasteiger partial charge in [0.2, 0.25) is 0 Å². The van der Waals surface area contributed by atoms with E-state index in [1.807, 2.05) is 42.5 Å². The molecule has 0 aromatic heterocycles. The molecule has 1 aliphatic heterocycles. The van der Waals surface area contributed by atoms with Crippen LogP contribution < -0.4 is 10.5 Å². The standard InChI is InChI=1S/C25H22N4O6/c1-34-19-10-7-17(8-11-19)22-14-21(16-5-3-2-4-6-16)27-28(22)24(30)15-35-25(31)18-9-12-20(26)23(13-18)29(32)33/h2-13,22H,14-15,26H2,1H3. The van der Waals surface area contributed by atoms with Gasteiger partial charge in [0.15, 0.2) is 6.61 Å². The van der Waals surface area contributed by atoms with Crippen molar-refractivity contribution in [3.05, 3.63) is 99.6 Å².